The highest BCUT2D eigenvalue weighted by molar-refractivity contribution is 9.11. The fourth-order valence-electron chi connectivity index (χ4n) is 2.36. The van der Waals surface area contributed by atoms with Crippen LogP contribution in [0, 0.1) is 5.92 Å². The molecule has 15 heavy (non-hydrogen) atoms. The Morgan fingerprint density at radius 1 is 1.47 bits per heavy atom. The molecule has 1 aromatic heterocycles. The molecule has 0 radical (unpaired) electrons. The van der Waals surface area contributed by atoms with Crippen LogP contribution < -0.4 is 5.32 Å². The minimum absolute atomic E-state index is 0.492. The van der Waals surface area contributed by atoms with Crippen LogP contribution in [0.3, 0.4) is 0 Å². The van der Waals surface area contributed by atoms with Crippen LogP contribution in [-0.4, -0.2) is 6.04 Å². The van der Waals surface area contributed by atoms with Gasteiger partial charge < -0.3 is 5.32 Å². The SMILES string of the molecule is CC(NC1CCCC1C)c1ccc(Br)s1. The summed E-state index contributed by atoms with van der Waals surface area (Å²) >= 11 is 5.35. The largest absolute Gasteiger partial charge is 0.306 e. The van der Waals surface area contributed by atoms with Gasteiger partial charge in [-0.15, -0.1) is 11.3 Å². The summed E-state index contributed by atoms with van der Waals surface area (Å²) in [5, 5.41) is 3.75. The van der Waals surface area contributed by atoms with Gasteiger partial charge in [-0.2, -0.15) is 0 Å². The molecule has 1 aromatic rings. The van der Waals surface area contributed by atoms with E-state index in [-0.39, 0.29) is 0 Å². The molecule has 1 fully saturated rings. The van der Waals surface area contributed by atoms with Crippen molar-refractivity contribution in [3.8, 4) is 0 Å². The Hall–Kier alpha value is 0.140. The highest BCUT2D eigenvalue weighted by Crippen LogP contribution is 2.30. The van der Waals surface area contributed by atoms with Gasteiger partial charge in [-0.3, -0.25) is 0 Å². The van der Waals surface area contributed by atoms with Crippen LogP contribution in [0.4, 0.5) is 0 Å². The van der Waals surface area contributed by atoms with Crippen molar-refractivity contribution in [1.29, 1.82) is 0 Å². The lowest BCUT2D eigenvalue weighted by Crippen LogP contribution is -2.32. The van der Waals surface area contributed by atoms with Crippen LogP contribution in [0.2, 0.25) is 0 Å². The molecule has 0 bridgehead atoms. The Kier molecular flexibility index (Phi) is 3.86. The number of nitrogens with one attached hydrogen (secondary N) is 1. The van der Waals surface area contributed by atoms with E-state index in [0.717, 1.165) is 12.0 Å². The van der Waals surface area contributed by atoms with E-state index in [4.69, 9.17) is 0 Å². The van der Waals surface area contributed by atoms with Gasteiger partial charge in [0, 0.05) is 17.0 Å². The van der Waals surface area contributed by atoms with Crippen LogP contribution in [0.5, 0.6) is 0 Å². The minimum Gasteiger partial charge on any atom is -0.306 e. The molecule has 0 spiro atoms. The zero-order valence-corrected chi connectivity index (χ0v) is 11.7. The molecule has 1 saturated carbocycles. The Morgan fingerprint density at radius 3 is 2.80 bits per heavy atom. The molecule has 1 heterocycles. The third-order valence-corrected chi connectivity index (χ3v) is 5.15. The summed E-state index contributed by atoms with van der Waals surface area (Å²) in [7, 11) is 0. The molecular formula is C12H18BrNS. The predicted octanol–water partition coefficient (Wildman–Crippen LogP) is 4.35. The Morgan fingerprint density at radius 2 is 2.27 bits per heavy atom. The lowest BCUT2D eigenvalue weighted by molar-refractivity contribution is 0.391. The number of halogens is 1. The van der Waals surface area contributed by atoms with Crippen LogP contribution in [0.25, 0.3) is 0 Å². The Bertz CT molecular complexity index is 323. The van der Waals surface area contributed by atoms with E-state index in [1.807, 2.05) is 11.3 Å². The molecule has 3 atom stereocenters. The predicted molar refractivity (Wildman–Crippen MR) is 70.4 cm³/mol. The third-order valence-electron chi connectivity index (χ3n) is 3.35. The highest BCUT2D eigenvalue weighted by atomic mass is 79.9. The molecule has 1 aliphatic carbocycles. The summed E-state index contributed by atoms with van der Waals surface area (Å²) < 4.78 is 1.23. The van der Waals surface area contributed by atoms with Gasteiger partial charge in [0.2, 0.25) is 0 Å². The number of thiophene rings is 1. The maximum atomic E-state index is 3.75. The highest BCUT2D eigenvalue weighted by Gasteiger charge is 2.24. The first kappa shape index (κ1) is 11.6. The zero-order valence-electron chi connectivity index (χ0n) is 9.29. The smallest absolute Gasteiger partial charge is 0.0701 e. The second-order valence-electron chi connectivity index (χ2n) is 4.54. The molecule has 0 aromatic carbocycles. The molecule has 84 valence electrons. The van der Waals surface area contributed by atoms with E-state index < -0.39 is 0 Å². The summed E-state index contributed by atoms with van der Waals surface area (Å²) in [6.07, 6.45) is 4.12. The van der Waals surface area contributed by atoms with Gasteiger partial charge in [0.25, 0.3) is 0 Å². The van der Waals surface area contributed by atoms with E-state index >= 15 is 0 Å². The molecule has 1 nitrogen and oxygen atoms in total. The van der Waals surface area contributed by atoms with E-state index in [0.29, 0.717) is 6.04 Å². The van der Waals surface area contributed by atoms with Gasteiger partial charge in [-0.05, 0) is 53.7 Å². The quantitative estimate of drug-likeness (QED) is 0.872. The van der Waals surface area contributed by atoms with Gasteiger partial charge >= 0.3 is 0 Å². The first-order chi connectivity index (χ1) is 7.16. The van der Waals surface area contributed by atoms with Crippen molar-refractivity contribution >= 4 is 27.3 Å². The summed E-state index contributed by atoms with van der Waals surface area (Å²) in [6, 6.07) is 5.56. The lowest BCUT2D eigenvalue weighted by atomic mass is 10.1. The van der Waals surface area contributed by atoms with Gasteiger partial charge in [-0.1, -0.05) is 13.3 Å². The van der Waals surface area contributed by atoms with Crippen LogP contribution in [0.15, 0.2) is 15.9 Å². The first-order valence-electron chi connectivity index (χ1n) is 5.68. The van der Waals surface area contributed by atoms with E-state index in [9.17, 15) is 0 Å². The van der Waals surface area contributed by atoms with E-state index in [2.05, 4.69) is 47.2 Å². The summed E-state index contributed by atoms with van der Waals surface area (Å²) in [5.41, 5.74) is 0. The maximum absolute atomic E-state index is 3.75. The summed E-state index contributed by atoms with van der Waals surface area (Å²) in [4.78, 5) is 1.43. The van der Waals surface area contributed by atoms with E-state index in [1.54, 1.807) is 0 Å². The van der Waals surface area contributed by atoms with Gasteiger partial charge in [0.1, 0.15) is 0 Å². The molecule has 0 aliphatic heterocycles. The summed E-state index contributed by atoms with van der Waals surface area (Å²) in [5.74, 6) is 0.843. The van der Waals surface area contributed by atoms with Crippen molar-refractivity contribution in [1.82, 2.24) is 5.32 Å². The standard InChI is InChI=1S/C12H18BrNS/c1-8-4-3-5-10(8)14-9(2)11-6-7-12(13)15-11/h6-10,14H,3-5H2,1-2H3. The topological polar surface area (TPSA) is 12.0 Å². The van der Waals surface area contributed by atoms with Crippen LogP contribution in [-0.2, 0) is 0 Å². The Labute approximate surface area is 104 Å². The fraction of sp³-hybridized carbons (Fsp3) is 0.667. The lowest BCUT2D eigenvalue weighted by Gasteiger charge is -2.22. The molecule has 3 heteroatoms. The van der Waals surface area contributed by atoms with Crippen molar-refractivity contribution in [2.75, 3.05) is 0 Å². The molecule has 3 unspecified atom stereocenters. The molecule has 0 saturated heterocycles. The van der Waals surface area contributed by atoms with Crippen molar-refractivity contribution in [3.63, 3.8) is 0 Å². The monoisotopic (exact) mass is 287 g/mol. The minimum atomic E-state index is 0.492. The number of hydrogen-bond donors (Lipinski definition) is 1. The molecule has 1 N–H and O–H groups in total. The first-order valence-corrected chi connectivity index (χ1v) is 7.29. The number of hydrogen-bond acceptors (Lipinski definition) is 2. The number of rotatable bonds is 3. The van der Waals surface area contributed by atoms with Crippen molar-refractivity contribution < 1.29 is 0 Å². The van der Waals surface area contributed by atoms with Crippen molar-refractivity contribution in [2.24, 2.45) is 5.92 Å². The molecular weight excluding hydrogens is 270 g/mol. The van der Waals surface area contributed by atoms with E-state index in [1.165, 1.54) is 27.9 Å². The van der Waals surface area contributed by atoms with Gasteiger partial charge in [-0.25, -0.2) is 0 Å². The van der Waals surface area contributed by atoms with Crippen LogP contribution >= 0.6 is 27.3 Å². The van der Waals surface area contributed by atoms with Crippen molar-refractivity contribution in [3.05, 3.63) is 20.8 Å². The Balaban J connectivity index is 1.94. The molecule has 2 rings (SSSR count). The average molecular weight is 288 g/mol. The maximum Gasteiger partial charge on any atom is 0.0701 e. The second kappa shape index (κ2) is 4.98. The normalized spacial score (nSPS) is 28.2. The van der Waals surface area contributed by atoms with Gasteiger partial charge in [0.15, 0.2) is 0 Å². The average Bonchev–Trinajstić information content (AvgIpc) is 2.77. The zero-order chi connectivity index (χ0) is 10.8. The van der Waals surface area contributed by atoms with Gasteiger partial charge in [0.05, 0.1) is 3.79 Å². The molecule has 0 amide bonds. The summed E-state index contributed by atoms with van der Waals surface area (Å²) in [6.45, 7) is 4.63. The van der Waals surface area contributed by atoms with Crippen molar-refractivity contribution in [2.45, 2.75) is 45.2 Å². The van der Waals surface area contributed by atoms with Crippen LogP contribution in [0.1, 0.15) is 44.0 Å². The fourth-order valence-corrected chi connectivity index (χ4v) is 3.79. The third kappa shape index (κ3) is 2.83. The second-order valence-corrected chi connectivity index (χ2v) is 7.04. The molecule has 1 aliphatic rings.